The molecule has 0 saturated carbocycles. The van der Waals surface area contributed by atoms with Crippen molar-refractivity contribution in [1.29, 1.82) is 0 Å². The molecule has 2 aromatic heterocycles. The van der Waals surface area contributed by atoms with E-state index in [9.17, 15) is 4.21 Å². The number of nitrogens with one attached hydrogen (secondary N) is 1. The van der Waals surface area contributed by atoms with Crippen molar-refractivity contribution in [3.05, 3.63) is 53.3 Å². The molecule has 1 unspecified atom stereocenters. The van der Waals surface area contributed by atoms with Gasteiger partial charge in [-0.15, -0.1) is 0 Å². The first-order valence-corrected chi connectivity index (χ1v) is 10.1. The number of anilines is 1. The summed E-state index contributed by atoms with van der Waals surface area (Å²) in [5.41, 5.74) is 1.81. The van der Waals surface area contributed by atoms with Gasteiger partial charge in [0.2, 0.25) is 0 Å². The summed E-state index contributed by atoms with van der Waals surface area (Å²) in [4.78, 5) is 7.53. The predicted octanol–water partition coefficient (Wildman–Crippen LogP) is 2.97. The van der Waals surface area contributed by atoms with E-state index in [1.165, 1.54) is 0 Å². The molecule has 6 nitrogen and oxygen atoms in total. The van der Waals surface area contributed by atoms with Crippen LogP contribution in [0.25, 0.3) is 5.65 Å². The van der Waals surface area contributed by atoms with Gasteiger partial charge in [0.05, 0.1) is 11.1 Å². The van der Waals surface area contributed by atoms with E-state index in [1.807, 2.05) is 17.5 Å². The van der Waals surface area contributed by atoms with Crippen molar-refractivity contribution >= 4 is 34.1 Å². The molecular weight excluding hydrogens is 370 g/mol. The van der Waals surface area contributed by atoms with Crippen molar-refractivity contribution < 1.29 is 4.21 Å². The Morgan fingerprint density at radius 2 is 2.08 bits per heavy atom. The number of piperidine rings is 1. The van der Waals surface area contributed by atoms with E-state index in [0.717, 1.165) is 48.0 Å². The first-order chi connectivity index (χ1) is 12.6. The number of benzene rings is 1. The molecule has 1 fully saturated rings. The van der Waals surface area contributed by atoms with E-state index in [1.54, 1.807) is 30.5 Å². The number of aromatic nitrogens is 3. The molecule has 1 N–H and O–H groups in total. The van der Waals surface area contributed by atoms with Gasteiger partial charge >= 0.3 is 0 Å². The van der Waals surface area contributed by atoms with Gasteiger partial charge < -0.3 is 4.90 Å². The summed E-state index contributed by atoms with van der Waals surface area (Å²) in [5, 5.41) is 5.04. The van der Waals surface area contributed by atoms with Gasteiger partial charge in [0.1, 0.15) is 16.8 Å². The highest BCUT2D eigenvalue weighted by Gasteiger charge is 2.24. The summed E-state index contributed by atoms with van der Waals surface area (Å²) in [5.74, 6) is 1.03. The maximum atomic E-state index is 12.6. The zero-order valence-electron chi connectivity index (χ0n) is 14.4. The second-order valence-corrected chi connectivity index (χ2v) is 8.16. The smallest absolute Gasteiger partial charge is 0.157 e. The van der Waals surface area contributed by atoms with Crippen LogP contribution in [0.1, 0.15) is 18.5 Å². The Kier molecular flexibility index (Phi) is 4.93. The summed E-state index contributed by atoms with van der Waals surface area (Å²) >= 11 is 5.91. The maximum absolute atomic E-state index is 12.6. The van der Waals surface area contributed by atoms with Crippen LogP contribution in [0, 0.1) is 6.92 Å². The zero-order chi connectivity index (χ0) is 18.1. The van der Waals surface area contributed by atoms with Crippen molar-refractivity contribution in [1.82, 2.24) is 19.3 Å². The molecule has 1 aliphatic heterocycles. The molecule has 1 saturated heterocycles. The van der Waals surface area contributed by atoms with Crippen molar-refractivity contribution in [2.75, 3.05) is 18.0 Å². The number of fused-ring (bicyclic) bond motifs is 1. The molecule has 4 rings (SSSR count). The summed E-state index contributed by atoms with van der Waals surface area (Å²) in [6, 6.07) is 11.2. The minimum atomic E-state index is -1.25. The molecule has 0 aliphatic carbocycles. The molecule has 136 valence electrons. The Labute approximate surface area is 159 Å². The zero-order valence-corrected chi connectivity index (χ0v) is 16.0. The van der Waals surface area contributed by atoms with Gasteiger partial charge in [-0.3, -0.25) is 0 Å². The number of aryl methyl sites for hydroxylation is 1. The molecule has 0 spiro atoms. The van der Waals surface area contributed by atoms with E-state index >= 15 is 0 Å². The Morgan fingerprint density at radius 1 is 1.27 bits per heavy atom. The highest BCUT2D eigenvalue weighted by molar-refractivity contribution is 7.83. The molecule has 1 aliphatic rings. The Balaban J connectivity index is 1.51. The minimum absolute atomic E-state index is 0.138. The van der Waals surface area contributed by atoms with Crippen LogP contribution in [0.2, 0.25) is 5.02 Å². The summed E-state index contributed by atoms with van der Waals surface area (Å²) in [6.45, 7) is 3.72. The highest BCUT2D eigenvalue weighted by Crippen LogP contribution is 2.22. The summed E-state index contributed by atoms with van der Waals surface area (Å²) in [6.07, 6.45) is 3.78. The number of rotatable bonds is 4. The lowest BCUT2D eigenvalue weighted by Gasteiger charge is -2.34. The fourth-order valence-electron chi connectivity index (χ4n) is 3.30. The maximum Gasteiger partial charge on any atom is 0.157 e. The Hall–Kier alpha value is -1.96. The van der Waals surface area contributed by atoms with Crippen molar-refractivity contribution in [2.24, 2.45) is 0 Å². The fourth-order valence-corrected chi connectivity index (χ4v) is 4.44. The first kappa shape index (κ1) is 17.5. The van der Waals surface area contributed by atoms with Gasteiger partial charge in [-0.2, -0.15) is 9.61 Å². The largest absolute Gasteiger partial charge is 0.355 e. The number of nitrogens with zero attached hydrogens (tertiary/aromatic N) is 4. The van der Waals surface area contributed by atoms with Gasteiger partial charge in [0.15, 0.2) is 5.65 Å². The van der Waals surface area contributed by atoms with Crippen molar-refractivity contribution in [3.63, 3.8) is 0 Å². The molecular formula is C18H20ClN5OS. The third kappa shape index (κ3) is 3.60. The third-order valence-corrected chi connectivity index (χ3v) is 6.02. The van der Waals surface area contributed by atoms with E-state index in [4.69, 9.17) is 11.6 Å². The molecule has 3 aromatic rings. The SMILES string of the molecule is Cc1cc(N2CCC[C@H](NS(=O)c3ccc(Cl)cc3)C2)n2nccc2n1. The molecule has 8 heteroatoms. The predicted molar refractivity (Wildman–Crippen MR) is 104 cm³/mol. The van der Waals surface area contributed by atoms with Gasteiger partial charge in [-0.1, -0.05) is 11.6 Å². The molecule has 3 heterocycles. The van der Waals surface area contributed by atoms with Gasteiger partial charge in [0.25, 0.3) is 0 Å². The molecule has 1 aromatic carbocycles. The normalized spacial score (nSPS) is 19.0. The van der Waals surface area contributed by atoms with Crippen LogP contribution in [0.3, 0.4) is 0 Å². The lowest BCUT2D eigenvalue weighted by atomic mass is 10.1. The third-order valence-electron chi connectivity index (χ3n) is 4.52. The standard InChI is InChI=1S/C18H20ClN5OS/c1-13-11-18(24-17(21-13)8-9-20-24)23-10-2-3-15(12-23)22-26(25)16-6-4-14(19)5-7-16/h4-9,11,15,22H,2-3,10,12H2,1H3/t15-,26?/m0/s1. The van der Waals surface area contributed by atoms with E-state index in [-0.39, 0.29) is 6.04 Å². The fraction of sp³-hybridized carbons (Fsp3) is 0.333. The minimum Gasteiger partial charge on any atom is -0.355 e. The van der Waals surface area contributed by atoms with Crippen LogP contribution < -0.4 is 9.62 Å². The van der Waals surface area contributed by atoms with Crippen LogP contribution in [0.4, 0.5) is 5.82 Å². The number of hydrogen-bond donors (Lipinski definition) is 1. The Bertz CT molecular complexity index is 942. The van der Waals surface area contributed by atoms with E-state index < -0.39 is 11.0 Å². The lowest BCUT2D eigenvalue weighted by Crippen LogP contribution is -2.46. The van der Waals surface area contributed by atoms with Crippen LogP contribution in [0.15, 0.2) is 47.5 Å². The number of halogens is 1. The van der Waals surface area contributed by atoms with Crippen molar-refractivity contribution in [3.8, 4) is 0 Å². The van der Waals surface area contributed by atoms with E-state index in [0.29, 0.717) is 5.02 Å². The van der Waals surface area contributed by atoms with Crippen molar-refractivity contribution in [2.45, 2.75) is 30.7 Å². The highest BCUT2D eigenvalue weighted by atomic mass is 35.5. The molecule has 0 amide bonds. The van der Waals surface area contributed by atoms with Gasteiger partial charge in [-0.05, 0) is 44.0 Å². The lowest BCUT2D eigenvalue weighted by molar-refractivity contribution is 0.473. The first-order valence-electron chi connectivity index (χ1n) is 8.60. The topological polar surface area (TPSA) is 62.5 Å². The molecule has 2 atom stereocenters. The van der Waals surface area contributed by atoms with Crippen LogP contribution >= 0.6 is 11.6 Å². The second-order valence-electron chi connectivity index (χ2n) is 6.48. The van der Waals surface area contributed by atoms with Crippen LogP contribution in [-0.2, 0) is 11.0 Å². The van der Waals surface area contributed by atoms with Gasteiger partial charge in [0, 0.05) is 42.0 Å². The quantitative estimate of drug-likeness (QED) is 0.745. The summed E-state index contributed by atoms with van der Waals surface area (Å²) < 4.78 is 17.7. The molecule has 26 heavy (non-hydrogen) atoms. The second kappa shape index (κ2) is 7.34. The van der Waals surface area contributed by atoms with E-state index in [2.05, 4.69) is 25.8 Å². The summed E-state index contributed by atoms with van der Waals surface area (Å²) in [7, 11) is -1.25. The monoisotopic (exact) mass is 389 g/mol. The van der Waals surface area contributed by atoms with Crippen LogP contribution in [0.5, 0.6) is 0 Å². The van der Waals surface area contributed by atoms with Gasteiger partial charge in [-0.25, -0.2) is 13.9 Å². The molecule has 0 bridgehead atoms. The average molecular weight is 390 g/mol. The average Bonchev–Trinajstić information content (AvgIpc) is 3.10. The Morgan fingerprint density at radius 3 is 2.88 bits per heavy atom. The number of hydrogen-bond acceptors (Lipinski definition) is 4. The van der Waals surface area contributed by atoms with Crippen LogP contribution in [-0.4, -0.2) is 37.9 Å². The molecule has 0 radical (unpaired) electrons.